The fraction of sp³-hybridized carbons (Fsp3) is 0.400. The van der Waals surface area contributed by atoms with Gasteiger partial charge in [0.25, 0.3) is 0 Å². The molecule has 1 aromatic carbocycles. The Labute approximate surface area is 83.2 Å². The first-order valence-electron chi connectivity index (χ1n) is 4.51. The fourth-order valence-electron chi connectivity index (χ4n) is 1.09. The number of rotatable bonds is 6. The van der Waals surface area contributed by atoms with Crippen molar-refractivity contribution >= 4 is 0 Å². The van der Waals surface area contributed by atoms with Crippen molar-refractivity contribution in [3.05, 3.63) is 29.8 Å². The van der Waals surface area contributed by atoms with E-state index in [0.717, 1.165) is 17.7 Å². The van der Waals surface area contributed by atoms with Gasteiger partial charge in [-0.05, 0) is 24.1 Å². The van der Waals surface area contributed by atoms with Gasteiger partial charge in [-0.25, -0.2) is 5.90 Å². The number of aliphatic hydroxyl groups excluding tert-OH is 1. The zero-order chi connectivity index (χ0) is 10.2. The van der Waals surface area contributed by atoms with Crippen LogP contribution in [-0.2, 0) is 11.3 Å². The molecule has 0 unspecified atom stereocenters. The molecule has 3 N–H and O–H groups in total. The summed E-state index contributed by atoms with van der Waals surface area (Å²) in [5.41, 5.74) is 1.15. The van der Waals surface area contributed by atoms with Crippen LogP contribution in [0.3, 0.4) is 0 Å². The standard InChI is InChI=1S/C10H15NO3/c11-14-7-5-9-1-3-10(4-2-9)13-8-6-12/h1-4,12H,5-8,11H2. The average molecular weight is 197 g/mol. The van der Waals surface area contributed by atoms with E-state index in [0.29, 0.717) is 13.2 Å². The molecule has 4 nitrogen and oxygen atoms in total. The molecule has 0 bridgehead atoms. The molecule has 4 heteroatoms. The summed E-state index contributed by atoms with van der Waals surface area (Å²) >= 11 is 0. The number of benzene rings is 1. The minimum atomic E-state index is 0.0305. The van der Waals surface area contributed by atoms with E-state index >= 15 is 0 Å². The maximum absolute atomic E-state index is 8.54. The summed E-state index contributed by atoms with van der Waals surface area (Å²) in [6.07, 6.45) is 0.788. The van der Waals surface area contributed by atoms with Crippen LogP contribution in [0.4, 0.5) is 0 Å². The molecule has 1 aromatic rings. The molecule has 0 aliphatic rings. The number of nitrogens with two attached hydrogens (primary N) is 1. The molecule has 0 aliphatic heterocycles. The van der Waals surface area contributed by atoms with Crippen LogP contribution >= 0.6 is 0 Å². The molecule has 14 heavy (non-hydrogen) atoms. The van der Waals surface area contributed by atoms with Crippen LogP contribution in [0.25, 0.3) is 0 Å². The van der Waals surface area contributed by atoms with Crippen LogP contribution in [0.2, 0.25) is 0 Å². The second kappa shape index (κ2) is 6.37. The molecule has 0 amide bonds. The summed E-state index contributed by atoms with van der Waals surface area (Å²) < 4.78 is 5.21. The average Bonchev–Trinajstić information content (AvgIpc) is 2.25. The van der Waals surface area contributed by atoms with Crippen molar-refractivity contribution in [1.29, 1.82) is 0 Å². The SMILES string of the molecule is NOCCc1ccc(OCCO)cc1. The van der Waals surface area contributed by atoms with Gasteiger partial charge < -0.3 is 14.7 Å². The number of aliphatic hydroxyl groups is 1. The quantitative estimate of drug-likeness (QED) is 0.651. The third kappa shape index (κ3) is 3.74. The van der Waals surface area contributed by atoms with Gasteiger partial charge >= 0.3 is 0 Å². The molecule has 0 saturated carbocycles. The van der Waals surface area contributed by atoms with Crippen molar-refractivity contribution in [3.8, 4) is 5.75 Å². The van der Waals surface area contributed by atoms with Crippen molar-refractivity contribution in [3.63, 3.8) is 0 Å². The Balaban J connectivity index is 2.42. The highest BCUT2D eigenvalue weighted by molar-refractivity contribution is 5.27. The van der Waals surface area contributed by atoms with E-state index in [2.05, 4.69) is 4.84 Å². The van der Waals surface area contributed by atoms with Crippen molar-refractivity contribution < 1.29 is 14.7 Å². The van der Waals surface area contributed by atoms with Gasteiger partial charge in [-0.15, -0.1) is 0 Å². The van der Waals surface area contributed by atoms with E-state index in [4.69, 9.17) is 15.7 Å². The van der Waals surface area contributed by atoms with Gasteiger partial charge in [0.1, 0.15) is 12.4 Å². The highest BCUT2D eigenvalue weighted by Gasteiger charge is 1.95. The summed E-state index contributed by atoms with van der Waals surface area (Å²) in [5.74, 6) is 5.68. The number of hydrogen-bond donors (Lipinski definition) is 2. The van der Waals surface area contributed by atoms with E-state index in [1.165, 1.54) is 0 Å². The monoisotopic (exact) mass is 197 g/mol. The topological polar surface area (TPSA) is 64.7 Å². The van der Waals surface area contributed by atoms with E-state index in [1.807, 2.05) is 24.3 Å². The zero-order valence-corrected chi connectivity index (χ0v) is 7.98. The number of ether oxygens (including phenoxy) is 1. The Morgan fingerprint density at radius 2 is 1.86 bits per heavy atom. The lowest BCUT2D eigenvalue weighted by Gasteiger charge is -2.05. The van der Waals surface area contributed by atoms with Crippen molar-refractivity contribution in [2.75, 3.05) is 19.8 Å². The Kier molecular flexibility index (Phi) is 4.99. The predicted octanol–water partition coefficient (Wildman–Crippen LogP) is 0.490. The van der Waals surface area contributed by atoms with Gasteiger partial charge in [0, 0.05) is 0 Å². The molecule has 78 valence electrons. The molecule has 1 rings (SSSR count). The lowest BCUT2D eigenvalue weighted by molar-refractivity contribution is 0.141. The van der Waals surface area contributed by atoms with E-state index in [9.17, 15) is 0 Å². The molecule has 0 radical (unpaired) electrons. The van der Waals surface area contributed by atoms with Crippen molar-refractivity contribution in [1.82, 2.24) is 0 Å². The lowest BCUT2D eigenvalue weighted by Crippen LogP contribution is -2.04. The third-order valence-corrected chi connectivity index (χ3v) is 1.79. The largest absolute Gasteiger partial charge is 0.491 e. The molecule has 0 aliphatic carbocycles. The van der Waals surface area contributed by atoms with Gasteiger partial charge in [-0.2, -0.15) is 0 Å². The number of hydrogen-bond acceptors (Lipinski definition) is 4. The van der Waals surface area contributed by atoms with Crippen LogP contribution in [0.5, 0.6) is 5.75 Å². The molecule has 0 aromatic heterocycles. The molecule has 0 saturated heterocycles. The molecule has 0 heterocycles. The van der Waals surface area contributed by atoms with Crippen molar-refractivity contribution in [2.45, 2.75) is 6.42 Å². The molecular weight excluding hydrogens is 182 g/mol. The zero-order valence-electron chi connectivity index (χ0n) is 7.98. The van der Waals surface area contributed by atoms with Gasteiger partial charge in [0.05, 0.1) is 13.2 Å². The summed E-state index contributed by atoms with van der Waals surface area (Å²) in [7, 11) is 0. The van der Waals surface area contributed by atoms with Gasteiger partial charge in [-0.1, -0.05) is 12.1 Å². The Bertz CT molecular complexity index is 221. The Morgan fingerprint density at radius 3 is 2.43 bits per heavy atom. The molecule has 0 spiro atoms. The van der Waals surface area contributed by atoms with E-state index < -0.39 is 0 Å². The summed E-state index contributed by atoms with van der Waals surface area (Å²) in [6, 6.07) is 7.63. The molecule has 0 atom stereocenters. The summed E-state index contributed by atoms with van der Waals surface area (Å²) in [6.45, 7) is 0.866. The molecular formula is C10H15NO3. The first kappa shape index (κ1) is 11.0. The Hall–Kier alpha value is -1.10. The summed E-state index contributed by atoms with van der Waals surface area (Å²) in [4.78, 5) is 4.48. The van der Waals surface area contributed by atoms with E-state index in [1.54, 1.807) is 0 Å². The van der Waals surface area contributed by atoms with Crippen LogP contribution in [0.15, 0.2) is 24.3 Å². The second-order valence-corrected chi connectivity index (χ2v) is 2.84. The fourth-order valence-corrected chi connectivity index (χ4v) is 1.09. The van der Waals surface area contributed by atoms with Crippen LogP contribution < -0.4 is 10.6 Å². The van der Waals surface area contributed by atoms with Gasteiger partial charge in [0.15, 0.2) is 0 Å². The van der Waals surface area contributed by atoms with Gasteiger partial charge in [0.2, 0.25) is 0 Å². The van der Waals surface area contributed by atoms with Crippen LogP contribution in [-0.4, -0.2) is 24.9 Å². The summed E-state index contributed by atoms with van der Waals surface area (Å²) in [5, 5.41) is 8.54. The maximum Gasteiger partial charge on any atom is 0.119 e. The second-order valence-electron chi connectivity index (χ2n) is 2.84. The predicted molar refractivity (Wildman–Crippen MR) is 52.9 cm³/mol. The van der Waals surface area contributed by atoms with E-state index in [-0.39, 0.29) is 6.61 Å². The highest BCUT2D eigenvalue weighted by atomic mass is 16.6. The van der Waals surface area contributed by atoms with Crippen LogP contribution in [0, 0.1) is 0 Å². The maximum atomic E-state index is 8.54. The lowest BCUT2D eigenvalue weighted by atomic mass is 10.1. The minimum absolute atomic E-state index is 0.0305. The van der Waals surface area contributed by atoms with Crippen LogP contribution in [0.1, 0.15) is 5.56 Å². The normalized spacial score (nSPS) is 10.1. The third-order valence-electron chi connectivity index (χ3n) is 1.79. The first-order chi connectivity index (χ1) is 6.86. The van der Waals surface area contributed by atoms with Crippen molar-refractivity contribution in [2.24, 2.45) is 5.90 Å². The highest BCUT2D eigenvalue weighted by Crippen LogP contribution is 2.12. The smallest absolute Gasteiger partial charge is 0.119 e. The first-order valence-corrected chi connectivity index (χ1v) is 4.51. The Morgan fingerprint density at radius 1 is 1.14 bits per heavy atom. The molecule has 0 fully saturated rings. The minimum Gasteiger partial charge on any atom is -0.491 e. The van der Waals surface area contributed by atoms with Gasteiger partial charge in [-0.3, -0.25) is 0 Å².